The first-order valence-corrected chi connectivity index (χ1v) is 13.8. The first kappa shape index (κ1) is 15.8. The van der Waals surface area contributed by atoms with Gasteiger partial charge in [0.15, 0.2) is 0 Å². The highest BCUT2D eigenvalue weighted by atomic mass is 28.5. The van der Waals surface area contributed by atoms with Crippen molar-refractivity contribution in [3.63, 3.8) is 0 Å². The van der Waals surface area contributed by atoms with E-state index >= 15 is 0 Å². The van der Waals surface area contributed by atoms with E-state index in [-0.39, 0.29) is 0 Å². The third-order valence-corrected chi connectivity index (χ3v) is 15.9. The van der Waals surface area contributed by atoms with Crippen LogP contribution in [0.15, 0.2) is 38.0 Å². The van der Waals surface area contributed by atoms with Gasteiger partial charge in [-0.05, 0) is 19.6 Å². The Kier molecular flexibility index (Phi) is 5.10. The van der Waals surface area contributed by atoms with Crippen molar-refractivity contribution >= 4 is 25.7 Å². The van der Waals surface area contributed by atoms with Gasteiger partial charge in [-0.3, -0.25) is 0 Å². The highest BCUT2D eigenvalue weighted by molar-refractivity contribution is 6.94. The molecule has 0 amide bonds. The van der Waals surface area contributed by atoms with Gasteiger partial charge in [0, 0.05) is 18.1 Å². The molecule has 6 heteroatoms. The van der Waals surface area contributed by atoms with Gasteiger partial charge in [-0.25, -0.2) is 0 Å². The van der Waals surface area contributed by atoms with Gasteiger partial charge in [-0.15, -0.1) is 19.7 Å². The quantitative estimate of drug-likeness (QED) is 0.551. The fourth-order valence-corrected chi connectivity index (χ4v) is 18.5. The normalized spacial score (nSPS) is 29.5. The molecule has 0 aromatic heterocycles. The zero-order chi connectivity index (χ0) is 13.9. The van der Waals surface area contributed by atoms with Crippen LogP contribution < -0.4 is 0 Å². The topological polar surface area (TPSA) is 27.7 Å². The third kappa shape index (κ3) is 3.87. The van der Waals surface area contributed by atoms with Crippen LogP contribution in [-0.2, 0) is 12.3 Å². The molecule has 1 heterocycles. The molecule has 0 bridgehead atoms. The minimum Gasteiger partial charge on any atom is -0.416 e. The fourth-order valence-electron chi connectivity index (χ4n) is 2.46. The van der Waals surface area contributed by atoms with E-state index < -0.39 is 25.7 Å². The number of rotatable bonds is 6. The second-order valence-corrected chi connectivity index (χ2v) is 15.8. The van der Waals surface area contributed by atoms with E-state index in [4.69, 9.17) is 12.3 Å². The Morgan fingerprint density at radius 3 is 1.72 bits per heavy atom. The molecule has 0 saturated carbocycles. The SMILES string of the molecule is C=CC[Si]1(C)O[Si](C)(C)O[Si](CC=C)(CC=C)O1. The van der Waals surface area contributed by atoms with E-state index in [9.17, 15) is 0 Å². The molecule has 0 radical (unpaired) electrons. The summed E-state index contributed by atoms with van der Waals surface area (Å²) in [7, 11) is -6.59. The number of hydrogen-bond donors (Lipinski definition) is 0. The summed E-state index contributed by atoms with van der Waals surface area (Å²) < 4.78 is 18.8. The van der Waals surface area contributed by atoms with E-state index in [2.05, 4.69) is 39.4 Å². The lowest BCUT2D eigenvalue weighted by atomic mass is 10.7. The first-order valence-electron chi connectivity index (χ1n) is 6.23. The van der Waals surface area contributed by atoms with E-state index in [0.717, 1.165) is 18.1 Å². The molecular formula is C12H24O3Si3. The summed E-state index contributed by atoms with van der Waals surface area (Å²) in [6.45, 7) is 17.8. The van der Waals surface area contributed by atoms with E-state index in [1.807, 2.05) is 18.2 Å². The Morgan fingerprint density at radius 2 is 1.28 bits per heavy atom. The highest BCUT2D eigenvalue weighted by Crippen LogP contribution is 2.37. The molecular weight excluding hydrogens is 276 g/mol. The van der Waals surface area contributed by atoms with Gasteiger partial charge in [-0.1, -0.05) is 18.2 Å². The van der Waals surface area contributed by atoms with Crippen LogP contribution in [0.1, 0.15) is 0 Å². The fraction of sp³-hybridized carbons (Fsp3) is 0.500. The van der Waals surface area contributed by atoms with Crippen LogP contribution in [0.3, 0.4) is 0 Å². The zero-order valence-corrected chi connectivity index (χ0v) is 14.7. The van der Waals surface area contributed by atoms with Gasteiger partial charge in [0.25, 0.3) is 0 Å². The van der Waals surface area contributed by atoms with Crippen LogP contribution in [0.4, 0.5) is 0 Å². The molecule has 1 aliphatic heterocycles. The van der Waals surface area contributed by atoms with Crippen LogP contribution in [0, 0.1) is 0 Å². The smallest absolute Gasteiger partial charge is 0.328 e. The van der Waals surface area contributed by atoms with Crippen LogP contribution >= 0.6 is 0 Å². The molecule has 0 aromatic carbocycles. The van der Waals surface area contributed by atoms with Crippen LogP contribution in [0.25, 0.3) is 0 Å². The molecule has 0 spiro atoms. The summed E-state index contributed by atoms with van der Waals surface area (Å²) in [5.74, 6) is 0. The summed E-state index contributed by atoms with van der Waals surface area (Å²) in [5.41, 5.74) is 0. The minimum atomic E-state index is -2.28. The van der Waals surface area contributed by atoms with Crippen molar-refractivity contribution in [3.05, 3.63) is 38.0 Å². The lowest BCUT2D eigenvalue weighted by Crippen LogP contribution is -2.67. The van der Waals surface area contributed by atoms with Gasteiger partial charge in [0.05, 0.1) is 0 Å². The molecule has 1 unspecified atom stereocenters. The Bertz CT molecular complexity index is 333. The molecule has 1 rings (SSSR count). The summed E-state index contributed by atoms with van der Waals surface area (Å²) in [4.78, 5) is 0. The monoisotopic (exact) mass is 300 g/mol. The van der Waals surface area contributed by atoms with Gasteiger partial charge in [-0.2, -0.15) is 0 Å². The van der Waals surface area contributed by atoms with E-state index in [1.54, 1.807) is 0 Å². The minimum absolute atomic E-state index is 0.790. The van der Waals surface area contributed by atoms with Crippen LogP contribution in [-0.4, -0.2) is 25.7 Å². The Morgan fingerprint density at radius 1 is 0.778 bits per heavy atom. The molecule has 3 nitrogen and oxygen atoms in total. The lowest BCUT2D eigenvalue weighted by molar-refractivity contribution is 0.229. The standard InChI is InChI=1S/C12H24O3Si3/c1-7-10-17(6)13-16(4,5)14-18(15-17,11-8-2)12-9-3/h7-9H,1-3,10-12H2,4-6H3. The molecule has 0 aliphatic carbocycles. The third-order valence-electron chi connectivity index (χ3n) is 2.72. The molecule has 18 heavy (non-hydrogen) atoms. The molecule has 1 saturated heterocycles. The lowest BCUT2D eigenvalue weighted by Gasteiger charge is -2.49. The Labute approximate surface area is 114 Å². The van der Waals surface area contributed by atoms with E-state index in [1.165, 1.54) is 0 Å². The summed E-state index contributed by atoms with van der Waals surface area (Å²) in [6, 6.07) is 2.38. The van der Waals surface area contributed by atoms with Gasteiger partial charge in [0.1, 0.15) is 0 Å². The molecule has 1 fully saturated rings. The molecule has 102 valence electrons. The second kappa shape index (κ2) is 5.81. The maximum atomic E-state index is 6.37. The maximum absolute atomic E-state index is 6.37. The van der Waals surface area contributed by atoms with Gasteiger partial charge < -0.3 is 12.3 Å². The predicted octanol–water partition coefficient (Wildman–Crippen LogP) is 3.82. The average molecular weight is 301 g/mol. The van der Waals surface area contributed by atoms with Crippen molar-refractivity contribution < 1.29 is 12.3 Å². The first-order chi connectivity index (χ1) is 8.30. The molecule has 1 atom stereocenters. The summed E-state index contributed by atoms with van der Waals surface area (Å²) >= 11 is 0. The zero-order valence-electron chi connectivity index (χ0n) is 11.7. The predicted molar refractivity (Wildman–Crippen MR) is 83.1 cm³/mol. The maximum Gasteiger partial charge on any atom is 0.328 e. The van der Waals surface area contributed by atoms with Gasteiger partial charge in [0.2, 0.25) is 0 Å². The second-order valence-electron chi connectivity index (χ2n) is 5.23. The number of allylic oxidation sites excluding steroid dienone is 3. The van der Waals surface area contributed by atoms with Gasteiger partial charge >= 0.3 is 25.7 Å². The number of hydrogen-bond acceptors (Lipinski definition) is 3. The Hall–Kier alpha value is -0.249. The van der Waals surface area contributed by atoms with Crippen molar-refractivity contribution in [3.8, 4) is 0 Å². The van der Waals surface area contributed by atoms with E-state index in [0.29, 0.717) is 0 Å². The molecule has 1 aliphatic rings. The largest absolute Gasteiger partial charge is 0.416 e. The summed E-state index contributed by atoms with van der Waals surface area (Å²) in [5, 5.41) is 0. The van der Waals surface area contributed by atoms with Crippen molar-refractivity contribution in [2.45, 2.75) is 37.8 Å². The molecule has 0 N–H and O–H groups in total. The average Bonchev–Trinajstić information content (AvgIpc) is 2.13. The van der Waals surface area contributed by atoms with Crippen molar-refractivity contribution in [1.82, 2.24) is 0 Å². The van der Waals surface area contributed by atoms with Crippen LogP contribution in [0.2, 0.25) is 37.8 Å². The van der Waals surface area contributed by atoms with Crippen molar-refractivity contribution in [2.75, 3.05) is 0 Å². The summed E-state index contributed by atoms with van der Waals surface area (Å²) in [6.07, 6.45) is 5.69. The molecule has 0 aromatic rings. The van der Waals surface area contributed by atoms with Crippen LogP contribution in [0.5, 0.6) is 0 Å². The highest BCUT2D eigenvalue weighted by Gasteiger charge is 2.55. The van der Waals surface area contributed by atoms with Crippen molar-refractivity contribution in [2.24, 2.45) is 0 Å². The Balaban J connectivity index is 3.06. The van der Waals surface area contributed by atoms with Crippen molar-refractivity contribution in [1.29, 1.82) is 0 Å².